The van der Waals surface area contributed by atoms with Gasteiger partial charge in [-0.2, -0.15) is 23.4 Å². The summed E-state index contributed by atoms with van der Waals surface area (Å²) in [6.45, 7) is 6.72. The van der Waals surface area contributed by atoms with Crippen molar-refractivity contribution >= 4 is 33.4 Å². The van der Waals surface area contributed by atoms with E-state index in [0.717, 1.165) is 4.68 Å². The molecule has 0 aromatic carbocycles. The number of ether oxygens (including phenoxy) is 1. The average molecular weight is 507 g/mol. The number of amides is 2. The summed E-state index contributed by atoms with van der Waals surface area (Å²) in [7, 11) is 0. The van der Waals surface area contributed by atoms with E-state index in [9.17, 15) is 22.8 Å². The van der Waals surface area contributed by atoms with Crippen LogP contribution in [0.1, 0.15) is 41.8 Å². The molecule has 1 atom stereocenters. The van der Waals surface area contributed by atoms with Gasteiger partial charge >= 0.3 is 6.18 Å². The molecule has 2 aromatic heterocycles. The number of carbonyl (C=O) groups excluding carboxylic acids is 2. The number of nitrogens with zero attached hydrogens (tertiary/aromatic N) is 5. The van der Waals surface area contributed by atoms with Gasteiger partial charge in [0.05, 0.1) is 35.3 Å². The molecule has 3 rings (SSSR count). The van der Waals surface area contributed by atoms with E-state index in [4.69, 9.17) is 4.74 Å². The molecule has 3 heterocycles. The van der Waals surface area contributed by atoms with Crippen LogP contribution in [0.3, 0.4) is 0 Å². The van der Waals surface area contributed by atoms with Gasteiger partial charge in [0.25, 0.3) is 5.91 Å². The zero-order valence-electron chi connectivity index (χ0n) is 17.2. The van der Waals surface area contributed by atoms with Gasteiger partial charge in [-0.3, -0.25) is 19.0 Å². The number of nitrogens with one attached hydrogen (secondary N) is 1. The first-order valence-corrected chi connectivity index (χ1v) is 10.4. The minimum Gasteiger partial charge on any atom is -0.378 e. The minimum absolute atomic E-state index is 0.156. The molecule has 0 bridgehead atoms. The highest BCUT2D eigenvalue weighted by molar-refractivity contribution is 9.10. The molecule has 2 aromatic rings. The van der Waals surface area contributed by atoms with Crippen molar-refractivity contribution in [2.45, 2.75) is 39.5 Å². The lowest BCUT2D eigenvalue weighted by molar-refractivity contribution is -0.142. The Morgan fingerprint density at radius 1 is 1.32 bits per heavy atom. The monoisotopic (exact) mass is 506 g/mol. The van der Waals surface area contributed by atoms with Crippen molar-refractivity contribution in [2.24, 2.45) is 0 Å². The van der Waals surface area contributed by atoms with Gasteiger partial charge in [0.1, 0.15) is 11.7 Å². The smallest absolute Gasteiger partial charge is 0.378 e. The summed E-state index contributed by atoms with van der Waals surface area (Å²) in [6, 6.07) is -1.07. The van der Waals surface area contributed by atoms with Crippen LogP contribution in [0.2, 0.25) is 0 Å². The van der Waals surface area contributed by atoms with Crippen LogP contribution in [-0.2, 0) is 22.3 Å². The average Bonchev–Trinajstić information content (AvgIpc) is 3.28. The fraction of sp³-hybridized carbons (Fsp3) is 0.556. The molecular weight excluding hydrogens is 485 g/mol. The summed E-state index contributed by atoms with van der Waals surface area (Å²) in [5.74, 6) is -0.929. The van der Waals surface area contributed by atoms with Crippen molar-refractivity contribution in [2.75, 3.05) is 31.6 Å². The number of halogens is 4. The van der Waals surface area contributed by atoms with Crippen molar-refractivity contribution in [1.29, 1.82) is 0 Å². The Balaban J connectivity index is 1.86. The van der Waals surface area contributed by atoms with Gasteiger partial charge in [-0.25, -0.2) is 0 Å². The summed E-state index contributed by atoms with van der Waals surface area (Å²) < 4.78 is 46.9. The molecule has 1 fully saturated rings. The third kappa shape index (κ3) is 4.61. The molecule has 13 heteroatoms. The summed E-state index contributed by atoms with van der Waals surface area (Å²) >= 11 is 2.90. The largest absolute Gasteiger partial charge is 0.436 e. The first-order chi connectivity index (χ1) is 14.6. The zero-order chi connectivity index (χ0) is 22.9. The predicted molar refractivity (Wildman–Crippen MR) is 108 cm³/mol. The number of anilines is 1. The maximum atomic E-state index is 13.1. The number of alkyl halides is 3. The Bertz CT molecular complexity index is 981. The normalized spacial score (nSPS) is 15.8. The summed E-state index contributed by atoms with van der Waals surface area (Å²) in [6.07, 6.45) is -3.31. The molecule has 1 unspecified atom stereocenters. The molecule has 1 N–H and O–H groups in total. The van der Waals surface area contributed by atoms with E-state index in [0.29, 0.717) is 32.8 Å². The topological polar surface area (TPSA) is 94.3 Å². The molecule has 0 radical (unpaired) electrons. The van der Waals surface area contributed by atoms with E-state index in [-0.39, 0.29) is 27.5 Å². The molecule has 0 spiro atoms. The maximum Gasteiger partial charge on any atom is 0.436 e. The molecule has 0 aliphatic carbocycles. The lowest BCUT2D eigenvalue weighted by Crippen LogP contribution is -2.42. The fourth-order valence-electron chi connectivity index (χ4n) is 3.26. The molecule has 9 nitrogen and oxygen atoms in total. The van der Waals surface area contributed by atoms with Crippen molar-refractivity contribution < 1.29 is 27.5 Å². The molecule has 1 aliphatic heterocycles. The van der Waals surface area contributed by atoms with E-state index in [1.54, 1.807) is 11.8 Å². The van der Waals surface area contributed by atoms with E-state index in [2.05, 4.69) is 31.4 Å². The summed E-state index contributed by atoms with van der Waals surface area (Å²) in [5.41, 5.74) is -0.551. The van der Waals surface area contributed by atoms with Crippen LogP contribution in [0.15, 0.2) is 10.7 Å². The van der Waals surface area contributed by atoms with Gasteiger partial charge in [-0.15, -0.1) is 0 Å². The van der Waals surface area contributed by atoms with Crippen LogP contribution in [0.5, 0.6) is 0 Å². The third-order valence-corrected chi connectivity index (χ3v) is 5.94. The van der Waals surface area contributed by atoms with Gasteiger partial charge in [-0.05, 0) is 36.7 Å². The van der Waals surface area contributed by atoms with Crippen LogP contribution in [-0.4, -0.2) is 62.6 Å². The summed E-state index contributed by atoms with van der Waals surface area (Å²) in [4.78, 5) is 27.4. The maximum absolute atomic E-state index is 13.1. The van der Waals surface area contributed by atoms with Gasteiger partial charge in [0, 0.05) is 19.6 Å². The molecule has 31 heavy (non-hydrogen) atoms. The van der Waals surface area contributed by atoms with Crippen LogP contribution in [0.4, 0.5) is 18.9 Å². The minimum atomic E-state index is -4.66. The number of aromatic nitrogens is 4. The number of rotatable bonds is 5. The second-order valence-electron chi connectivity index (χ2n) is 6.98. The van der Waals surface area contributed by atoms with Crippen molar-refractivity contribution in [3.05, 3.63) is 27.8 Å². The highest BCUT2D eigenvalue weighted by Crippen LogP contribution is 2.36. The van der Waals surface area contributed by atoms with Crippen LogP contribution < -0.4 is 5.32 Å². The van der Waals surface area contributed by atoms with Gasteiger partial charge in [0.15, 0.2) is 5.69 Å². The Morgan fingerprint density at radius 2 is 1.97 bits per heavy atom. The SMILES string of the molecule is CCn1ncc(NC(=O)C(C)n2nc(C(F)(F)F)c(Br)c2C)c1C(=O)N1CCOCC1. The highest BCUT2D eigenvalue weighted by Gasteiger charge is 2.39. The molecule has 1 aliphatic rings. The number of hydrogen-bond acceptors (Lipinski definition) is 5. The zero-order valence-corrected chi connectivity index (χ0v) is 18.7. The summed E-state index contributed by atoms with van der Waals surface area (Å²) in [5, 5.41) is 10.3. The lowest BCUT2D eigenvalue weighted by atomic mass is 10.2. The lowest BCUT2D eigenvalue weighted by Gasteiger charge is -2.27. The fourth-order valence-corrected chi connectivity index (χ4v) is 3.75. The Labute approximate surface area is 184 Å². The van der Waals surface area contributed by atoms with Crippen LogP contribution in [0.25, 0.3) is 0 Å². The number of carbonyl (C=O) groups is 2. The molecular formula is C18H22BrF3N6O3. The predicted octanol–water partition coefficient (Wildman–Crippen LogP) is 2.86. The molecule has 2 amide bonds. The van der Waals surface area contributed by atoms with Crippen LogP contribution >= 0.6 is 15.9 Å². The molecule has 1 saturated heterocycles. The number of aryl methyl sites for hydroxylation is 1. The highest BCUT2D eigenvalue weighted by atomic mass is 79.9. The Hall–Kier alpha value is -2.41. The first kappa shape index (κ1) is 23.3. The van der Waals surface area contributed by atoms with E-state index >= 15 is 0 Å². The second-order valence-corrected chi connectivity index (χ2v) is 7.78. The van der Waals surface area contributed by atoms with Gasteiger partial charge in [-0.1, -0.05) is 0 Å². The molecule has 170 valence electrons. The Kier molecular flexibility index (Phi) is 6.74. The van der Waals surface area contributed by atoms with Crippen molar-refractivity contribution in [1.82, 2.24) is 24.5 Å². The molecule has 0 saturated carbocycles. The first-order valence-electron chi connectivity index (χ1n) is 9.61. The third-order valence-electron chi connectivity index (χ3n) is 4.99. The second kappa shape index (κ2) is 8.99. The number of hydrogen-bond donors (Lipinski definition) is 1. The van der Waals surface area contributed by atoms with Crippen molar-refractivity contribution in [3.8, 4) is 0 Å². The standard InChI is InChI=1S/C18H22BrF3N6O3/c1-4-27-14(17(30)26-5-7-31-8-6-26)12(9-23-27)24-16(29)11(3)28-10(2)13(19)15(25-28)18(20,21)22/h9,11H,4-8H2,1-3H3,(H,24,29). The van der Waals surface area contributed by atoms with Gasteiger partial charge < -0.3 is 15.0 Å². The van der Waals surface area contributed by atoms with Crippen LogP contribution in [0, 0.1) is 6.92 Å². The van der Waals surface area contributed by atoms with Gasteiger partial charge in [0.2, 0.25) is 5.91 Å². The van der Waals surface area contributed by atoms with E-state index in [1.165, 1.54) is 24.7 Å². The number of morpholine rings is 1. The van der Waals surface area contributed by atoms with E-state index in [1.807, 2.05) is 0 Å². The van der Waals surface area contributed by atoms with E-state index < -0.39 is 23.8 Å². The Morgan fingerprint density at radius 3 is 2.52 bits per heavy atom. The van der Waals surface area contributed by atoms with Crippen molar-refractivity contribution in [3.63, 3.8) is 0 Å². The quantitative estimate of drug-likeness (QED) is 0.672.